The quantitative estimate of drug-likeness (QED) is 0.178. The van der Waals surface area contributed by atoms with Gasteiger partial charge in [0.15, 0.2) is 5.16 Å². The first kappa shape index (κ1) is 26.1. The molecule has 0 saturated carbocycles. The number of rotatable bonds is 9. The second-order valence-electron chi connectivity index (χ2n) is 9.56. The molecule has 0 spiro atoms. The van der Waals surface area contributed by atoms with Gasteiger partial charge in [0.2, 0.25) is 0 Å². The molecule has 7 heteroatoms. The zero-order valence-electron chi connectivity index (χ0n) is 21.1. The van der Waals surface area contributed by atoms with Crippen molar-refractivity contribution in [2.24, 2.45) is 5.41 Å². The SMILES string of the molecule is CSc1ncc(CO)c(Nc2cccc(C(O[Si](c3ccccc3)c3ccccc3)C(C)(C)C)c2)n1. The third-order valence-corrected chi connectivity index (χ3v) is 8.49. The molecule has 4 rings (SSSR count). The van der Waals surface area contributed by atoms with Gasteiger partial charge in [-0.3, -0.25) is 0 Å². The van der Waals surface area contributed by atoms with Gasteiger partial charge in [-0.05, 0) is 39.7 Å². The van der Waals surface area contributed by atoms with Crippen LogP contribution in [-0.2, 0) is 11.0 Å². The van der Waals surface area contributed by atoms with E-state index in [9.17, 15) is 5.11 Å². The van der Waals surface area contributed by atoms with Crippen LogP contribution in [0.5, 0.6) is 0 Å². The molecule has 1 aromatic heterocycles. The zero-order chi connectivity index (χ0) is 25.5. The Balaban J connectivity index is 1.69. The topological polar surface area (TPSA) is 67.3 Å². The van der Waals surface area contributed by atoms with Crippen LogP contribution in [0.2, 0.25) is 0 Å². The number of nitrogens with one attached hydrogen (secondary N) is 1. The summed E-state index contributed by atoms with van der Waals surface area (Å²) >= 11 is 1.47. The molecule has 3 aromatic carbocycles. The van der Waals surface area contributed by atoms with E-state index in [2.05, 4.69) is 96.7 Å². The minimum absolute atomic E-state index is 0.135. The smallest absolute Gasteiger partial charge is 0.283 e. The highest BCUT2D eigenvalue weighted by Crippen LogP contribution is 2.38. The van der Waals surface area contributed by atoms with Gasteiger partial charge in [-0.1, -0.05) is 105 Å². The Bertz CT molecular complexity index is 1230. The van der Waals surface area contributed by atoms with E-state index in [0.717, 1.165) is 11.3 Å². The van der Waals surface area contributed by atoms with Crippen molar-refractivity contribution in [3.05, 3.63) is 102 Å². The molecule has 0 saturated heterocycles. The lowest BCUT2D eigenvalue weighted by Crippen LogP contribution is -2.47. The molecular weight excluding hydrogens is 482 g/mol. The summed E-state index contributed by atoms with van der Waals surface area (Å²) in [6.45, 7) is 6.51. The highest BCUT2D eigenvalue weighted by atomic mass is 32.2. The molecule has 0 aliphatic heterocycles. The molecule has 36 heavy (non-hydrogen) atoms. The summed E-state index contributed by atoms with van der Waals surface area (Å²) in [5.74, 6) is 0.612. The normalized spacial score (nSPS) is 12.5. The molecule has 5 nitrogen and oxygen atoms in total. The van der Waals surface area contributed by atoms with Gasteiger partial charge in [0.1, 0.15) is 5.82 Å². The molecule has 2 N–H and O–H groups in total. The minimum atomic E-state index is -1.50. The lowest BCUT2D eigenvalue weighted by molar-refractivity contribution is 0.0897. The number of aliphatic hydroxyl groups is 1. The molecule has 1 unspecified atom stereocenters. The van der Waals surface area contributed by atoms with Gasteiger partial charge in [0, 0.05) is 17.4 Å². The van der Waals surface area contributed by atoms with E-state index >= 15 is 0 Å². The number of benzene rings is 3. The first-order valence-corrected chi connectivity index (χ1v) is 14.5. The Morgan fingerprint density at radius 1 is 0.944 bits per heavy atom. The first-order chi connectivity index (χ1) is 17.4. The van der Waals surface area contributed by atoms with Crippen LogP contribution in [0.1, 0.15) is 38.0 Å². The molecule has 0 aliphatic carbocycles. The molecule has 1 radical (unpaired) electrons. The van der Waals surface area contributed by atoms with Gasteiger partial charge in [-0.2, -0.15) is 0 Å². The molecule has 4 aromatic rings. The highest BCUT2D eigenvalue weighted by molar-refractivity contribution is 7.98. The maximum Gasteiger partial charge on any atom is 0.283 e. The number of thioether (sulfide) groups is 1. The van der Waals surface area contributed by atoms with E-state index in [4.69, 9.17) is 4.43 Å². The van der Waals surface area contributed by atoms with Crippen molar-refractivity contribution in [2.45, 2.75) is 38.6 Å². The van der Waals surface area contributed by atoms with Crippen LogP contribution in [0.15, 0.2) is 96.3 Å². The molecule has 1 atom stereocenters. The molecule has 1 heterocycles. The standard InChI is InChI=1S/C29H32N3O2SSi/c1-29(2,3)26(34-36(24-14-7-5-8-15-24)25-16-9-6-10-17-25)21-12-11-13-23(18-21)31-27-22(20-33)19-30-28(32-27)35-4/h5-19,26,33H,20H2,1-4H3,(H,30,31,32). The van der Waals surface area contributed by atoms with Crippen LogP contribution >= 0.6 is 11.8 Å². The Morgan fingerprint density at radius 3 is 2.14 bits per heavy atom. The summed E-state index contributed by atoms with van der Waals surface area (Å²) in [4.78, 5) is 8.84. The summed E-state index contributed by atoms with van der Waals surface area (Å²) in [5, 5.41) is 16.3. The van der Waals surface area contributed by atoms with Gasteiger partial charge in [0.25, 0.3) is 9.04 Å². The van der Waals surface area contributed by atoms with Crippen molar-refractivity contribution in [3.63, 3.8) is 0 Å². The maximum absolute atomic E-state index is 9.78. The van der Waals surface area contributed by atoms with E-state index in [1.54, 1.807) is 6.20 Å². The van der Waals surface area contributed by atoms with Crippen molar-refractivity contribution in [1.29, 1.82) is 0 Å². The summed E-state index contributed by atoms with van der Waals surface area (Å²) < 4.78 is 7.06. The van der Waals surface area contributed by atoms with Gasteiger partial charge in [-0.25, -0.2) is 9.97 Å². The van der Waals surface area contributed by atoms with Crippen LogP contribution in [0.25, 0.3) is 0 Å². The van der Waals surface area contributed by atoms with Crippen LogP contribution in [0, 0.1) is 5.41 Å². The fourth-order valence-corrected chi connectivity index (χ4v) is 6.64. The fraction of sp³-hybridized carbons (Fsp3) is 0.241. The van der Waals surface area contributed by atoms with E-state index in [1.165, 1.54) is 22.1 Å². The number of aliphatic hydroxyl groups excluding tert-OH is 1. The number of hydrogen-bond acceptors (Lipinski definition) is 6. The summed E-state index contributed by atoms with van der Waals surface area (Å²) in [6, 6.07) is 29.3. The second kappa shape index (κ2) is 11.8. The van der Waals surface area contributed by atoms with E-state index in [1.807, 2.05) is 30.5 Å². The largest absolute Gasteiger partial charge is 0.400 e. The minimum Gasteiger partial charge on any atom is -0.400 e. The second-order valence-corrected chi connectivity index (χ2v) is 12.4. The Labute approximate surface area is 219 Å². The monoisotopic (exact) mass is 514 g/mol. The molecule has 185 valence electrons. The average Bonchev–Trinajstić information content (AvgIpc) is 2.89. The number of nitrogens with zero attached hydrogens (tertiary/aromatic N) is 2. The fourth-order valence-electron chi connectivity index (χ4n) is 3.97. The maximum atomic E-state index is 9.78. The van der Waals surface area contributed by atoms with Crippen molar-refractivity contribution in [3.8, 4) is 0 Å². The molecule has 0 bridgehead atoms. The third-order valence-electron chi connectivity index (χ3n) is 5.74. The first-order valence-electron chi connectivity index (χ1n) is 11.9. The lowest BCUT2D eigenvalue weighted by atomic mass is 9.85. The third kappa shape index (κ3) is 6.42. The van der Waals surface area contributed by atoms with Crippen LogP contribution < -0.4 is 15.7 Å². The molecule has 0 fully saturated rings. The molecule has 0 amide bonds. The Kier molecular flexibility index (Phi) is 8.58. The van der Waals surface area contributed by atoms with Crippen LogP contribution in [0.3, 0.4) is 0 Å². The van der Waals surface area contributed by atoms with Crippen LogP contribution in [-0.4, -0.2) is 30.4 Å². The predicted octanol–water partition coefficient (Wildman–Crippen LogP) is 5.34. The lowest BCUT2D eigenvalue weighted by Gasteiger charge is -2.34. The molecular formula is C29H32N3O2SSi. The van der Waals surface area contributed by atoms with Crippen molar-refractivity contribution in [1.82, 2.24) is 9.97 Å². The number of aromatic nitrogens is 2. The zero-order valence-corrected chi connectivity index (χ0v) is 22.9. The van der Waals surface area contributed by atoms with Crippen molar-refractivity contribution >= 4 is 42.7 Å². The van der Waals surface area contributed by atoms with Gasteiger partial charge in [0.05, 0.1) is 12.7 Å². The van der Waals surface area contributed by atoms with Crippen molar-refractivity contribution in [2.75, 3.05) is 11.6 Å². The Morgan fingerprint density at radius 2 is 1.58 bits per heavy atom. The number of anilines is 2. The summed E-state index contributed by atoms with van der Waals surface area (Å²) in [7, 11) is -1.50. The number of hydrogen-bond donors (Lipinski definition) is 2. The Hall–Kier alpha value is -2.97. The average molecular weight is 515 g/mol. The van der Waals surface area contributed by atoms with E-state index in [0.29, 0.717) is 16.5 Å². The summed E-state index contributed by atoms with van der Waals surface area (Å²) in [6.07, 6.45) is 3.46. The predicted molar refractivity (Wildman–Crippen MR) is 151 cm³/mol. The highest BCUT2D eigenvalue weighted by Gasteiger charge is 2.32. The summed E-state index contributed by atoms with van der Waals surface area (Å²) in [5.41, 5.74) is 2.49. The van der Waals surface area contributed by atoms with Gasteiger partial charge < -0.3 is 14.8 Å². The van der Waals surface area contributed by atoms with Crippen LogP contribution in [0.4, 0.5) is 11.5 Å². The van der Waals surface area contributed by atoms with E-state index in [-0.39, 0.29) is 18.1 Å². The van der Waals surface area contributed by atoms with Gasteiger partial charge in [-0.15, -0.1) is 0 Å². The van der Waals surface area contributed by atoms with Gasteiger partial charge >= 0.3 is 0 Å². The van der Waals surface area contributed by atoms with Crippen molar-refractivity contribution < 1.29 is 9.53 Å². The van der Waals surface area contributed by atoms with E-state index < -0.39 is 9.04 Å². The molecule has 0 aliphatic rings.